The number of benzene rings is 2. The van der Waals surface area contributed by atoms with Crippen molar-refractivity contribution < 1.29 is 0 Å². The van der Waals surface area contributed by atoms with Crippen LogP contribution in [0.25, 0.3) is 22.4 Å². The van der Waals surface area contributed by atoms with Crippen LogP contribution in [0.2, 0.25) is 5.02 Å². The average Bonchev–Trinajstić information content (AvgIpc) is 2.89. The lowest BCUT2D eigenvalue weighted by molar-refractivity contribution is 1.10. The summed E-state index contributed by atoms with van der Waals surface area (Å²) in [5, 5.41) is 7.88. The summed E-state index contributed by atoms with van der Waals surface area (Å²) in [5.41, 5.74) is 4.10. The normalized spacial score (nSPS) is 10.5. The fourth-order valence-corrected chi connectivity index (χ4v) is 2.22. The van der Waals surface area contributed by atoms with Gasteiger partial charge in [-0.15, -0.1) is 0 Å². The maximum atomic E-state index is 6.23. The molecule has 3 rings (SSSR count). The number of nitrogens with zero attached hydrogens (tertiary/aromatic N) is 1. The molecule has 0 aliphatic rings. The number of halogens is 1. The van der Waals surface area contributed by atoms with E-state index >= 15 is 0 Å². The minimum atomic E-state index is 0.721. The molecule has 0 fully saturated rings. The van der Waals surface area contributed by atoms with Gasteiger partial charge < -0.3 is 0 Å². The highest BCUT2D eigenvalue weighted by molar-refractivity contribution is 6.33. The maximum absolute atomic E-state index is 6.23. The summed E-state index contributed by atoms with van der Waals surface area (Å²) in [6, 6.07) is 17.9. The molecular formula is C15H11ClN2. The molecule has 2 nitrogen and oxygen atoms in total. The van der Waals surface area contributed by atoms with Crippen molar-refractivity contribution in [2.45, 2.75) is 0 Å². The van der Waals surface area contributed by atoms with Gasteiger partial charge in [0.15, 0.2) is 0 Å². The van der Waals surface area contributed by atoms with Crippen LogP contribution in [0.15, 0.2) is 60.8 Å². The van der Waals surface area contributed by atoms with Crippen molar-refractivity contribution in [2.24, 2.45) is 0 Å². The monoisotopic (exact) mass is 254 g/mol. The predicted molar refractivity (Wildman–Crippen MR) is 74.5 cm³/mol. The number of aromatic nitrogens is 2. The van der Waals surface area contributed by atoms with Gasteiger partial charge in [0.1, 0.15) is 0 Å². The van der Waals surface area contributed by atoms with Crippen LogP contribution < -0.4 is 0 Å². The van der Waals surface area contributed by atoms with Crippen LogP contribution in [0.4, 0.5) is 0 Å². The quantitative estimate of drug-likeness (QED) is 0.722. The zero-order valence-corrected chi connectivity index (χ0v) is 10.4. The fourth-order valence-electron chi connectivity index (χ4n) is 1.99. The highest BCUT2D eigenvalue weighted by atomic mass is 35.5. The molecule has 0 radical (unpaired) electrons. The minimum Gasteiger partial charge on any atom is -0.277 e. The van der Waals surface area contributed by atoms with E-state index in [0.717, 1.165) is 27.4 Å². The van der Waals surface area contributed by atoms with E-state index in [9.17, 15) is 0 Å². The standard InChI is InChI=1S/C15H11ClN2/c16-14-9-5-4-8-12(14)15-13(10-17-18-15)11-6-2-1-3-7-11/h1-10H,(H,17,18). The van der Waals surface area contributed by atoms with Gasteiger partial charge in [0.05, 0.1) is 11.9 Å². The zero-order valence-electron chi connectivity index (χ0n) is 9.60. The molecule has 0 saturated carbocycles. The number of hydrogen-bond donors (Lipinski definition) is 1. The molecule has 0 saturated heterocycles. The van der Waals surface area contributed by atoms with Crippen molar-refractivity contribution in [3.8, 4) is 22.4 Å². The van der Waals surface area contributed by atoms with E-state index in [2.05, 4.69) is 22.3 Å². The van der Waals surface area contributed by atoms with Gasteiger partial charge in [0, 0.05) is 16.1 Å². The van der Waals surface area contributed by atoms with Crippen LogP contribution in [0, 0.1) is 0 Å². The summed E-state index contributed by atoms with van der Waals surface area (Å²) in [7, 11) is 0. The molecule has 1 aromatic heterocycles. The molecule has 3 heteroatoms. The highest BCUT2D eigenvalue weighted by Gasteiger charge is 2.11. The first-order chi connectivity index (χ1) is 8.86. The van der Waals surface area contributed by atoms with Gasteiger partial charge in [-0.25, -0.2) is 0 Å². The number of H-pyrrole nitrogens is 1. The van der Waals surface area contributed by atoms with Crippen molar-refractivity contribution in [1.82, 2.24) is 10.2 Å². The first kappa shape index (κ1) is 11.1. The molecule has 1 heterocycles. The second kappa shape index (κ2) is 4.67. The van der Waals surface area contributed by atoms with Crippen molar-refractivity contribution >= 4 is 11.6 Å². The van der Waals surface area contributed by atoms with Gasteiger partial charge in [-0.1, -0.05) is 60.1 Å². The molecule has 18 heavy (non-hydrogen) atoms. The van der Waals surface area contributed by atoms with Crippen molar-refractivity contribution in [3.63, 3.8) is 0 Å². The second-order valence-corrected chi connectivity index (χ2v) is 4.41. The number of rotatable bonds is 2. The molecule has 0 spiro atoms. The molecule has 3 aromatic rings. The van der Waals surface area contributed by atoms with E-state index in [1.54, 1.807) is 0 Å². The van der Waals surface area contributed by atoms with Crippen LogP contribution in [-0.4, -0.2) is 10.2 Å². The summed E-state index contributed by atoms with van der Waals surface area (Å²) in [4.78, 5) is 0. The van der Waals surface area contributed by atoms with Crippen molar-refractivity contribution in [1.29, 1.82) is 0 Å². The fraction of sp³-hybridized carbons (Fsp3) is 0. The van der Waals surface area contributed by atoms with Gasteiger partial charge in [0.2, 0.25) is 0 Å². The summed E-state index contributed by atoms with van der Waals surface area (Å²) in [6.45, 7) is 0. The molecule has 0 aliphatic carbocycles. The lowest BCUT2D eigenvalue weighted by Crippen LogP contribution is -1.83. The Labute approximate surface area is 110 Å². The number of aromatic amines is 1. The Bertz CT molecular complexity index is 659. The van der Waals surface area contributed by atoms with Crippen LogP contribution in [0.3, 0.4) is 0 Å². The van der Waals surface area contributed by atoms with E-state index in [0.29, 0.717) is 0 Å². The van der Waals surface area contributed by atoms with Gasteiger partial charge in [-0.05, 0) is 11.6 Å². The third kappa shape index (κ3) is 1.91. The molecule has 0 unspecified atom stereocenters. The Balaban J connectivity index is 2.16. The molecule has 0 amide bonds. The van der Waals surface area contributed by atoms with E-state index in [1.807, 2.05) is 48.7 Å². The molecule has 0 atom stereocenters. The van der Waals surface area contributed by atoms with Crippen LogP contribution in [0.5, 0.6) is 0 Å². The predicted octanol–water partition coefficient (Wildman–Crippen LogP) is 4.40. The Hall–Kier alpha value is -2.06. The zero-order chi connectivity index (χ0) is 12.4. The number of hydrogen-bond acceptors (Lipinski definition) is 1. The minimum absolute atomic E-state index is 0.721. The molecule has 88 valence electrons. The first-order valence-electron chi connectivity index (χ1n) is 5.70. The summed E-state index contributed by atoms with van der Waals surface area (Å²) < 4.78 is 0. The Morgan fingerprint density at radius 1 is 0.833 bits per heavy atom. The maximum Gasteiger partial charge on any atom is 0.0743 e. The lowest BCUT2D eigenvalue weighted by Gasteiger charge is -2.05. The number of nitrogens with one attached hydrogen (secondary N) is 1. The molecule has 0 aliphatic heterocycles. The van der Waals surface area contributed by atoms with E-state index in [1.165, 1.54) is 0 Å². The summed E-state index contributed by atoms with van der Waals surface area (Å²) >= 11 is 6.23. The molecule has 2 aromatic carbocycles. The SMILES string of the molecule is Clc1ccccc1-c1[nH]ncc1-c1ccccc1. The van der Waals surface area contributed by atoms with Crippen LogP contribution in [0.1, 0.15) is 0 Å². The van der Waals surface area contributed by atoms with Crippen LogP contribution >= 0.6 is 11.6 Å². The van der Waals surface area contributed by atoms with Gasteiger partial charge in [0.25, 0.3) is 0 Å². The first-order valence-corrected chi connectivity index (χ1v) is 6.08. The molecule has 0 bridgehead atoms. The Morgan fingerprint density at radius 2 is 1.56 bits per heavy atom. The third-order valence-electron chi connectivity index (χ3n) is 2.87. The van der Waals surface area contributed by atoms with Crippen molar-refractivity contribution in [2.75, 3.05) is 0 Å². The van der Waals surface area contributed by atoms with Gasteiger partial charge in [-0.3, -0.25) is 5.10 Å². The van der Waals surface area contributed by atoms with Crippen LogP contribution in [-0.2, 0) is 0 Å². The summed E-state index contributed by atoms with van der Waals surface area (Å²) in [6.07, 6.45) is 1.83. The Morgan fingerprint density at radius 3 is 2.33 bits per heavy atom. The smallest absolute Gasteiger partial charge is 0.0743 e. The largest absolute Gasteiger partial charge is 0.277 e. The molecular weight excluding hydrogens is 244 g/mol. The van der Waals surface area contributed by atoms with Crippen molar-refractivity contribution in [3.05, 3.63) is 65.8 Å². The van der Waals surface area contributed by atoms with E-state index < -0.39 is 0 Å². The van der Waals surface area contributed by atoms with E-state index in [-0.39, 0.29) is 0 Å². The molecule has 1 N–H and O–H groups in total. The highest BCUT2D eigenvalue weighted by Crippen LogP contribution is 2.33. The second-order valence-electron chi connectivity index (χ2n) is 4.00. The topological polar surface area (TPSA) is 28.7 Å². The Kier molecular flexibility index (Phi) is 2.87. The average molecular weight is 255 g/mol. The lowest BCUT2D eigenvalue weighted by atomic mass is 10.0. The summed E-state index contributed by atoms with van der Waals surface area (Å²) in [5.74, 6) is 0. The van der Waals surface area contributed by atoms with E-state index in [4.69, 9.17) is 11.6 Å². The van der Waals surface area contributed by atoms with Gasteiger partial charge in [-0.2, -0.15) is 5.10 Å². The third-order valence-corrected chi connectivity index (χ3v) is 3.20. The van der Waals surface area contributed by atoms with Gasteiger partial charge >= 0.3 is 0 Å².